The van der Waals surface area contributed by atoms with Gasteiger partial charge in [-0.25, -0.2) is 9.78 Å². The lowest BCUT2D eigenvalue weighted by molar-refractivity contribution is 0.0683. The van der Waals surface area contributed by atoms with Crippen LogP contribution in [0.4, 0.5) is 0 Å². The van der Waals surface area contributed by atoms with Gasteiger partial charge in [0.15, 0.2) is 0 Å². The SMILES string of the molecule is CC(C)(N)CO.O=C(O)c1nc2sc3c(c2c(=O)[nH]1)CCC3. The van der Waals surface area contributed by atoms with Crippen molar-refractivity contribution >= 4 is 27.5 Å². The summed E-state index contributed by atoms with van der Waals surface area (Å²) in [5.74, 6) is -1.48. The standard InChI is InChI=1S/C10H8N2O3S.C4H11NO/c13-8-6-4-2-1-3-5(4)16-9(6)12-7(11-8)10(14)15;1-4(2,5)3-6/h1-3H2,(H,14,15)(H,11,12,13);6H,3,5H2,1-2H3. The Balaban J connectivity index is 0.000000254. The summed E-state index contributed by atoms with van der Waals surface area (Å²) in [7, 11) is 0. The Bertz CT molecular complexity index is 758. The molecule has 0 unspecified atom stereocenters. The van der Waals surface area contributed by atoms with Gasteiger partial charge in [0.2, 0.25) is 5.82 Å². The van der Waals surface area contributed by atoms with Gasteiger partial charge in [-0.2, -0.15) is 0 Å². The summed E-state index contributed by atoms with van der Waals surface area (Å²) in [6.45, 7) is 3.59. The fourth-order valence-corrected chi connectivity index (χ4v) is 3.37. The molecule has 22 heavy (non-hydrogen) atoms. The van der Waals surface area contributed by atoms with Gasteiger partial charge in [-0.15, -0.1) is 11.3 Å². The number of aromatic amines is 1. The molecule has 120 valence electrons. The molecule has 0 amide bonds. The number of rotatable bonds is 2. The highest BCUT2D eigenvalue weighted by molar-refractivity contribution is 7.18. The zero-order valence-corrected chi connectivity index (χ0v) is 13.3. The van der Waals surface area contributed by atoms with Gasteiger partial charge in [-0.05, 0) is 38.7 Å². The molecule has 2 heterocycles. The van der Waals surface area contributed by atoms with Crippen molar-refractivity contribution in [2.24, 2.45) is 5.73 Å². The molecule has 8 heteroatoms. The first-order chi connectivity index (χ1) is 10.2. The highest BCUT2D eigenvalue weighted by Gasteiger charge is 2.22. The molecule has 7 nitrogen and oxygen atoms in total. The summed E-state index contributed by atoms with van der Waals surface area (Å²) in [5.41, 5.74) is 5.61. The number of aromatic nitrogens is 2. The normalized spacial score (nSPS) is 13.6. The van der Waals surface area contributed by atoms with Crippen LogP contribution in [-0.4, -0.2) is 38.3 Å². The van der Waals surface area contributed by atoms with Crippen LogP contribution in [0.15, 0.2) is 4.79 Å². The Hall–Kier alpha value is -1.77. The van der Waals surface area contributed by atoms with Gasteiger partial charge in [0, 0.05) is 10.4 Å². The van der Waals surface area contributed by atoms with E-state index in [1.165, 1.54) is 16.2 Å². The maximum Gasteiger partial charge on any atom is 0.372 e. The number of carbonyl (C=O) groups is 1. The molecule has 0 saturated carbocycles. The Morgan fingerprint density at radius 1 is 1.45 bits per heavy atom. The predicted octanol–water partition coefficient (Wildman–Crippen LogP) is 0.887. The number of nitrogens with two attached hydrogens (primary N) is 1. The zero-order valence-electron chi connectivity index (χ0n) is 12.5. The minimum atomic E-state index is -1.20. The fourth-order valence-electron chi connectivity index (χ4n) is 2.10. The second-order valence-electron chi connectivity index (χ2n) is 5.90. The number of H-pyrrole nitrogens is 1. The molecule has 5 N–H and O–H groups in total. The third kappa shape index (κ3) is 3.52. The van der Waals surface area contributed by atoms with E-state index < -0.39 is 11.5 Å². The van der Waals surface area contributed by atoms with Crippen molar-refractivity contribution in [2.45, 2.75) is 38.6 Å². The maximum absolute atomic E-state index is 11.8. The molecule has 0 bridgehead atoms. The van der Waals surface area contributed by atoms with E-state index in [4.69, 9.17) is 15.9 Å². The highest BCUT2D eigenvalue weighted by Crippen LogP contribution is 2.34. The fraction of sp³-hybridized carbons (Fsp3) is 0.500. The summed E-state index contributed by atoms with van der Waals surface area (Å²) in [4.78, 5) is 30.5. The van der Waals surface area contributed by atoms with Crippen LogP contribution in [0.5, 0.6) is 0 Å². The van der Waals surface area contributed by atoms with Crippen LogP contribution < -0.4 is 11.3 Å². The second kappa shape index (κ2) is 6.15. The van der Waals surface area contributed by atoms with Crippen molar-refractivity contribution in [1.29, 1.82) is 0 Å². The van der Waals surface area contributed by atoms with Crippen LogP contribution in [0.3, 0.4) is 0 Å². The number of aromatic carboxylic acids is 1. The molecule has 1 aliphatic rings. The minimum absolute atomic E-state index is 0.0486. The number of nitrogens with zero attached hydrogens (tertiary/aromatic N) is 1. The molecule has 1 aliphatic carbocycles. The summed E-state index contributed by atoms with van der Waals surface area (Å²) in [6, 6.07) is 0. The zero-order chi connectivity index (χ0) is 16.5. The van der Waals surface area contributed by atoms with Crippen molar-refractivity contribution in [1.82, 2.24) is 9.97 Å². The molecule has 0 radical (unpaired) electrons. The van der Waals surface area contributed by atoms with E-state index >= 15 is 0 Å². The quantitative estimate of drug-likeness (QED) is 0.649. The lowest BCUT2D eigenvalue weighted by Crippen LogP contribution is -2.35. The largest absolute Gasteiger partial charge is 0.475 e. The smallest absolute Gasteiger partial charge is 0.372 e. The van der Waals surface area contributed by atoms with E-state index in [0.29, 0.717) is 10.2 Å². The number of hydrogen-bond donors (Lipinski definition) is 4. The van der Waals surface area contributed by atoms with Crippen molar-refractivity contribution < 1.29 is 15.0 Å². The predicted molar refractivity (Wildman–Crippen MR) is 84.6 cm³/mol. The van der Waals surface area contributed by atoms with Crippen LogP contribution in [0.2, 0.25) is 0 Å². The van der Waals surface area contributed by atoms with E-state index in [9.17, 15) is 9.59 Å². The van der Waals surface area contributed by atoms with Gasteiger partial charge < -0.3 is 20.9 Å². The van der Waals surface area contributed by atoms with Gasteiger partial charge in [0.1, 0.15) is 4.83 Å². The number of nitrogens with one attached hydrogen (secondary N) is 1. The summed E-state index contributed by atoms with van der Waals surface area (Å²) in [6.07, 6.45) is 2.93. The van der Waals surface area contributed by atoms with Crippen LogP contribution >= 0.6 is 11.3 Å². The summed E-state index contributed by atoms with van der Waals surface area (Å²) in [5, 5.41) is 17.7. The Labute approximate surface area is 130 Å². The molecule has 2 aromatic rings. The average molecular weight is 325 g/mol. The lowest BCUT2D eigenvalue weighted by atomic mass is 10.1. The second-order valence-corrected chi connectivity index (χ2v) is 6.99. The van der Waals surface area contributed by atoms with Crippen molar-refractivity contribution in [2.75, 3.05) is 6.61 Å². The summed E-state index contributed by atoms with van der Waals surface area (Å²) < 4.78 is 0. The Kier molecular flexibility index (Phi) is 4.64. The number of aliphatic hydroxyl groups excluding tert-OH is 1. The van der Waals surface area contributed by atoms with E-state index in [1.807, 2.05) is 0 Å². The lowest BCUT2D eigenvalue weighted by Gasteiger charge is -2.12. The minimum Gasteiger partial charge on any atom is -0.475 e. The summed E-state index contributed by atoms with van der Waals surface area (Å²) >= 11 is 1.44. The van der Waals surface area contributed by atoms with Gasteiger partial charge in [0.25, 0.3) is 5.56 Å². The first kappa shape index (κ1) is 16.6. The number of thiophene rings is 1. The van der Waals surface area contributed by atoms with Crippen molar-refractivity contribution in [3.8, 4) is 0 Å². The molecule has 0 saturated heterocycles. The van der Waals surface area contributed by atoms with Gasteiger partial charge in [-0.1, -0.05) is 0 Å². The van der Waals surface area contributed by atoms with E-state index in [-0.39, 0.29) is 18.0 Å². The first-order valence-electron chi connectivity index (χ1n) is 6.90. The average Bonchev–Trinajstić information content (AvgIpc) is 2.98. The molecular formula is C14H19N3O4S. The number of aliphatic hydroxyl groups is 1. The van der Waals surface area contributed by atoms with Gasteiger partial charge in [0.05, 0.1) is 12.0 Å². The molecule has 3 rings (SSSR count). The molecule has 0 atom stereocenters. The molecule has 0 aliphatic heterocycles. The van der Waals surface area contributed by atoms with E-state index in [0.717, 1.165) is 24.8 Å². The first-order valence-corrected chi connectivity index (χ1v) is 7.72. The van der Waals surface area contributed by atoms with Gasteiger partial charge in [-0.3, -0.25) is 4.79 Å². The monoisotopic (exact) mass is 325 g/mol. The topological polar surface area (TPSA) is 129 Å². The third-order valence-electron chi connectivity index (χ3n) is 3.19. The third-order valence-corrected chi connectivity index (χ3v) is 4.37. The van der Waals surface area contributed by atoms with Crippen molar-refractivity contribution in [3.05, 3.63) is 26.6 Å². The highest BCUT2D eigenvalue weighted by atomic mass is 32.1. The van der Waals surface area contributed by atoms with Crippen LogP contribution in [0.1, 0.15) is 41.3 Å². The number of carboxylic acids is 1. The van der Waals surface area contributed by atoms with E-state index in [2.05, 4.69) is 9.97 Å². The maximum atomic E-state index is 11.8. The molecule has 2 aromatic heterocycles. The number of hydrogen-bond acceptors (Lipinski definition) is 6. The molecular weight excluding hydrogens is 306 g/mol. The van der Waals surface area contributed by atoms with Crippen molar-refractivity contribution in [3.63, 3.8) is 0 Å². The Morgan fingerprint density at radius 2 is 2.09 bits per heavy atom. The number of aryl methyl sites for hydroxylation is 2. The molecule has 0 fully saturated rings. The number of carboxylic acid groups (broad SMARTS) is 1. The van der Waals surface area contributed by atoms with E-state index in [1.54, 1.807) is 13.8 Å². The van der Waals surface area contributed by atoms with Crippen LogP contribution in [0.25, 0.3) is 10.2 Å². The number of fused-ring (bicyclic) bond motifs is 3. The van der Waals surface area contributed by atoms with Gasteiger partial charge >= 0.3 is 5.97 Å². The molecule has 0 aromatic carbocycles. The Morgan fingerprint density at radius 3 is 2.64 bits per heavy atom. The van der Waals surface area contributed by atoms with Crippen LogP contribution in [-0.2, 0) is 12.8 Å². The van der Waals surface area contributed by atoms with Crippen LogP contribution in [0, 0.1) is 0 Å². The molecule has 0 spiro atoms.